The van der Waals surface area contributed by atoms with Gasteiger partial charge in [-0.3, -0.25) is 4.90 Å². The molecule has 8 nitrogen and oxygen atoms in total. The van der Waals surface area contributed by atoms with E-state index in [9.17, 15) is 9.59 Å². The van der Waals surface area contributed by atoms with E-state index in [1.54, 1.807) is 4.90 Å². The maximum Gasteiger partial charge on any atom is 0.410 e. The first-order chi connectivity index (χ1) is 17.7. The van der Waals surface area contributed by atoms with Crippen molar-refractivity contribution in [1.82, 2.24) is 9.88 Å². The average Bonchev–Trinajstić information content (AvgIpc) is 3.48. The molecule has 0 N–H and O–H groups in total. The summed E-state index contributed by atoms with van der Waals surface area (Å²) in [6, 6.07) is 13.6. The fourth-order valence-corrected chi connectivity index (χ4v) is 4.34. The fraction of sp³-hybridized carbons (Fsp3) is 0.414. The Morgan fingerprint density at radius 3 is 2.54 bits per heavy atom. The molecule has 0 aliphatic carbocycles. The number of carbonyl (C=O) groups is 2. The molecule has 1 aromatic heterocycles. The number of carbonyl (C=O) groups excluding carboxylic acids is 2. The molecule has 1 aliphatic rings. The number of aromatic nitrogens is 1. The minimum Gasteiger partial charge on any atom is -0.493 e. The largest absolute Gasteiger partial charge is 0.493 e. The van der Waals surface area contributed by atoms with Crippen LogP contribution in [0.15, 0.2) is 46.9 Å². The summed E-state index contributed by atoms with van der Waals surface area (Å²) in [5.74, 6) is 2.06. The van der Waals surface area contributed by atoms with E-state index in [2.05, 4.69) is 4.98 Å². The van der Waals surface area contributed by atoms with Gasteiger partial charge in [0, 0.05) is 31.1 Å². The van der Waals surface area contributed by atoms with Crippen LogP contribution in [-0.2, 0) is 40.2 Å². The second-order valence-electron chi connectivity index (χ2n) is 10.1. The minimum absolute atomic E-state index is 0.368. The summed E-state index contributed by atoms with van der Waals surface area (Å²) in [6.45, 7) is 8.58. The number of hydrogen-bond donors (Lipinski definition) is 0. The van der Waals surface area contributed by atoms with Crippen LogP contribution in [0.2, 0.25) is 0 Å². The lowest BCUT2D eigenvalue weighted by molar-refractivity contribution is -0.116. The van der Waals surface area contributed by atoms with Gasteiger partial charge in [-0.05, 0) is 57.0 Å². The number of benzene rings is 2. The molecule has 0 saturated carbocycles. The number of methoxy groups -OCH3 is 1. The predicted octanol–water partition coefficient (Wildman–Crippen LogP) is 5.28. The molecule has 0 radical (unpaired) electrons. The lowest BCUT2D eigenvalue weighted by atomic mass is 9.98. The fourth-order valence-electron chi connectivity index (χ4n) is 4.34. The van der Waals surface area contributed by atoms with E-state index in [1.165, 1.54) is 7.11 Å². The van der Waals surface area contributed by atoms with Crippen LogP contribution in [0.4, 0.5) is 4.79 Å². The van der Waals surface area contributed by atoms with Gasteiger partial charge in [-0.25, -0.2) is 9.78 Å². The molecule has 3 aromatic rings. The third kappa shape index (κ3) is 6.38. The van der Waals surface area contributed by atoms with Gasteiger partial charge in [-0.1, -0.05) is 24.3 Å². The van der Waals surface area contributed by atoms with E-state index in [1.807, 2.05) is 70.2 Å². The van der Waals surface area contributed by atoms with Crippen LogP contribution >= 0.6 is 0 Å². The summed E-state index contributed by atoms with van der Waals surface area (Å²) in [7, 11) is 1.51. The standard InChI is InChI=1S/C29H34N2O6/c1-19-25(30-27(36-19)20-9-7-6-8-10-20)13-14-35-26-12-11-21(15-22(18-32)34-5)23-16-31(17-24(23)26)28(33)37-29(2,3)4/h6-12,18,22H,13-17H2,1-5H3. The summed E-state index contributed by atoms with van der Waals surface area (Å²) >= 11 is 0. The first-order valence-corrected chi connectivity index (χ1v) is 12.4. The monoisotopic (exact) mass is 506 g/mol. The molecule has 8 heteroatoms. The normalized spacial score (nSPS) is 13.8. The number of aldehydes is 1. The average molecular weight is 507 g/mol. The Hall–Kier alpha value is -3.65. The van der Waals surface area contributed by atoms with Gasteiger partial charge in [-0.2, -0.15) is 0 Å². The molecule has 1 amide bonds. The minimum atomic E-state index is -0.596. The lowest BCUT2D eigenvalue weighted by Crippen LogP contribution is -2.33. The van der Waals surface area contributed by atoms with Crippen LogP contribution in [0.1, 0.15) is 48.9 Å². The van der Waals surface area contributed by atoms with Crippen LogP contribution in [-0.4, -0.2) is 47.7 Å². The molecule has 2 heterocycles. The Bertz CT molecular complexity index is 1250. The van der Waals surface area contributed by atoms with Crippen LogP contribution in [0, 0.1) is 6.92 Å². The van der Waals surface area contributed by atoms with Crippen molar-refractivity contribution in [2.24, 2.45) is 0 Å². The molecule has 0 bridgehead atoms. The van der Waals surface area contributed by atoms with Crippen molar-refractivity contribution in [2.45, 2.75) is 65.3 Å². The van der Waals surface area contributed by atoms with Crippen molar-refractivity contribution in [3.63, 3.8) is 0 Å². The molecule has 37 heavy (non-hydrogen) atoms. The van der Waals surface area contributed by atoms with E-state index in [0.29, 0.717) is 44.2 Å². The molecule has 0 fully saturated rings. The molecule has 196 valence electrons. The van der Waals surface area contributed by atoms with E-state index >= 15 is 0 Å². The summed E-state index contributed by atoms with van der Waals surface area (Å²) in [5.41, 5.74) is 4.02. The van der Waals surface area contributed by atoms with Crippen LogP contribution in [0.25, 0.3) is 11.5 Å². The highest BCUT2D eigenvalue weighted by Gasteiger charge is 2.32. The van der Waals surface area contributed by atoms with Gasteiger partial charge in [0.05, 0.1) is 25.4 Å². The Balaban J connectivity index is 1.50. The number of fused-ring (bicyclic) bond motifs is 1. The first kappa shape index (κ1) is 26.4. The Morgan fingerprint density at radius 1 is 1.14 bits per heavy atom. The third-order valence-corrected chi connectivity index (χ3v) is 6.22. The van der Waals surface area contributed by atoms with Crippen molar-refractivity contribution in [3.05, 3.63) is 70.6 Å². The summed E-state index contributed by atoms with van der Waals surface area (Å²) in [6.07, 6.45) is 0.851. The van der Waals surface area contributed by atoms with Gasteiger partial charge in [0.1, 0.15) is 29.5 Å². The van der Waals surface area contributed by atoms with Crippen molar-refractivity contribution in [2.75, 3.05) is 13.7 Å². The number of nitrogens with zero attached hydrogens (tertiary/aromatic N) is 2. The zero-order valence-electron chi connectivity index (χ0n) is 22.1. The van der Waals surface area contributed by atoms with E-state index in [-0.39, 0.29) is 6.09 Å². The molecule has 0 spiro atoms. The number of hydrogen-bond acceptors (Lipinski definition) is 7. The number of oxazole rings is 1. The van der Waals surface area contributed by atoms with Gasteiger partial charge in [0.2, 0.25) is 5.89 Å². The molecule has 4 rings (SSSR count). The smallest absolute Gasteiger partial charge is 0.410 e. The van der Waals surface area contributed by atoms with Crippen LogP contribution in [0.5, 0.6) is 5.75 Å². The molecular weight excluding hydrogens is 472 g/mol. The maximum atomic E-state index is 12.8. The summed E-state index contributed by atoms with van der Waals surface area (Å²) in [5, 5.41) is 0. The predicted molar refractivity (Wildman–Crippen MR) is 138 cm³/mol. The topological polar surface area (TPSA) is 91.1 Å². The van der Waals surface area contributed by atoms with Gasteiger partial charge in [0.15, 0.2) is 0 Å². The Kier molecular flexibility index (Phi) is 7.97. The number of amides is 1. The van der Waals surface area contributed by atoms with Gasteiger partial charge < -0.3 is 23.4 Å². The van der Waals surface area contributed by atoms with Gasteiger partial charge >= 0.3 is 6.09 Å². The van der Waals surface area contributed by atoms with Gasteiger partial charge in [0.25, 0.3) is 0 Å². The van der Waals surface area contributed by atoms with Crippen molar-refractivity contribution >= 4 is 12.4 Å². The van der Waals surface area contributed by atoms with Crippen LogP contribution in [0.3, 0.4) is 0 Å². The molecule has 1 aliphatic heterocycles. The summed E-state index contributed by atoms with van der Waals surface area (Å²) in [4.78, 5) is 30.5. The molecule has 0 saturated heterocycles. The highest BCUT2D eigenvalue weighted by molar-refractivity contribution is 5.70. The van der Waals surface area contributed by atoms with Crippen molar-refractivity contribution in [1.29, 1.82) is 0 Å². The van der Waals surface area contributed by atoms with Crippen molar-refractivity contribution < 1.29 is 28.2 Å². The lowest BCUT2D eigenvalue weighted by Gasteiger charge is -2.24. The SMILES string of the molecule is COC(C=O)Cc1ccc(OCCc2nc(-c3ccccc3)oc2C)c2c1CN(C(=O)OC(C)(C)C)C2. The molecule has 2 aromatic carbocycles. The van der Waals surface area contributed by atoms with E-state index in [0.717, 1.165) is 40.0 Å². The Labute approximate surface area is 217 Å². The zero-order valence-corrected chi connectivity index (χ0v) is 22.1. The van der Waals surface area contributed by atoms with E-state index < -0.39 is 11.7 Å². The Morgan fingerprint density at radius 2 is 1.86 bits per heavy atom. The molecule has 1 unspecified atom stereocenters. The highest BCUT2D eigenvalue weighted by Crippen LogP contribution is 2.35. The van der Waals surface area contributed by atoms with E-state index in [4.69, 9.17) is 18.6 Å². The molecular formula is C29H34N2O6. The number of aryl methyl sites for hydroxylation is 1. The second kappa shape index (κ2) is 11.2. The highest BCUT2D eigenvalue weighted by atomic mass is 16.6. The second-order valence-corrected chi connectivity index (χ2v) is 10.1. The first-order valence-electron chi connectivity index (χ1n) is 12.4. The maximum absolute atomic E-state index is 12.8. The van der Waals surface area contributed by atoms with Crippen LogP contribution < -0.4 is 4.74 Å². The quantitative estimate of drug-likeness (QED) is 0.365. The van der Waals surface area contributed by atoms with Crippen molar-refractivity contribution in [3.8, 4) is 17.2 Å². The summed E-state index contributed by atoms with van der Waals surface area (Å²) < 4.78 is 22.9. The number of rotatable bonds is 9. The van der Waals surface area contributed by atoms with Gasteiger partial charge in [-0.15, -0.1) is 0 Å². The zero-order chi connectivity index (χ0) is 26.6. The third-order valence-electron chi connectivity index (χ3n) is 6.22. The number of ether oxygens (including phenoxy) is 3. The molecule has 1 atom stereocenters.